The largest absolute Gasteiger partial charge is 0.439 e. The summed E-state index contributed by atoms with van der Waals surface area (Å²) in [4.78, 5) is 0. The van der Waals surface area contributed by atoms with Crippen LogP contribution in [0.4, 0.5) is 11.6 Å². The Morgan fingerprint density at radius 2 is 2.22 bits per heavy atom. The van der Waals surface area contributed by atoms with E-state index in [4.69, 9.17) is 15.9 Å². The first-order valence-corrected chi connectivity index (χ1v) is 2.51. The van der Waals surface area contributed by atoms with Crippen LogP contribution < -0.4 is 11.5 Å². The minimum Gasteiger partial charge on any atom is -0.439 e. The monoisotopic (exact) mass is 124 g/mol. The summed E-state index contributed by atoms with van der Waals surface area (Å²) in [6.45, 7) is 3.48. The van der Waals surface area contributed by atoms with Crippen molar-refractivity contribution >= 4 is 17.6 Å². The molecule has 0 aliphatic rings. The number of rotatable bonds is 1. The summed E-state index contributed by atoms with van der Waals surface area (Å²) >= 11 is 0. The maximum absolute atomic E-state index is 5.41. The summed E-state index contributed by atoms with van der Waals surface area (Å²) in [5.74, 6) is 0.856. The molecule has 0 radical (unpaired) electrons. The van der Waals surface area contributed by atoms with Gasteiger partial charge in [0.05, 0.1) is 5.69 Å². The highest BCUT2D eigenvalue weighted by Gasteiger charge is 1.99. The molecule has 0 aromatic carbocycles. The first kappa shape index (κ1) is 5.75. The van der Waals surface area contributed by atoms with Crippen LogP contribution in [0, 0.1) is 0 Å². The van der Waals surface area contributed by atoms with Crippen molar-refractivity contribution < 1.29 is 4.42 Å². The van der Waals surface area contributed by atoms with Crippen LogP contribution in [-0.2, 0) is 0 Å². The molecule has 0 unspecified atom stereocenters. The van der Waals surface area contributed by atoms with Crippen molar-refractivity contribution in [2.24, 2.45) is 0 Å². The van der Waals surface area contributed by atoms with Gasteiger partial charge in [-0.25, -0.2) is 0 Å². The average molecular weight is 124 g/mol. The van der Waals surface area contributed by atoms with Crippen molar-refractivity contribution in [3.63, 3.8) is 0 Å². The summed E-state index contributed by atoms with van der Waals surface area (Å²) in [6.07, 6.45) is 1.52. The first-order chi connectivity index (χ1) is 4.24. The zero-order chi connectivity index (χ0) is 6.85. The van der Waals surface area contributed by atoms with Gasteiger partial charge in [0.15, 0.2) is 11.6 Å². The van der Waals surface area contributed by atoms with Gasteiger partial charge in [-0.3, -0.25) is 0 Å². The molecule has 48 valence electrons. The van der Waals surface area contributed by atoms with Gasteiger partial charge in [0.2, 0.25) is 0 Å². The lowest BCUT2D eigenvalue weighted by molar-refractivity contribution is 0.578. The Bertz CT molecular complexity index is 227. The lowest BCUT2D eigenvalue weighted by Crippen LogP contribution is -1.81. The normalized spacial score (nSPS) is 9.33. The Balaban J connectivity index is 3.15. The van der Waals surface area contributed by atoms with Crippen LogP contribution in [0.25, 0.3) is 6.08 Å². The molecular weight excluding hydrogens is 116 g/mol. The molecule has 0 amide bonds. The van der Waals surface area contributed by atoms with E-state index in [1.54, 1.807) is 6.07 Å². The quantitative estimate of drug-likeness (QED) is 0.588. The van der Waals surface area contributed by atoms with E-state index in [0.29, 0.717) is 17.3 Å². The molecule has 0 atom stereocenters. The Morgan fingerprint density at radius 3 is 2.44 bits per heavy atom. The summed E-state index contributed by atoms with van der Waals surface area (Å²) in [5.41, 5.74) is 11.2. The molecule has 0 bridgehead atoms. The van der Waals surface area contributed by atoms with Gasteiger partial charge in [0, 0.05) is 6.07 Å². The maximum Gasteiger partial charge on any atom is 0.193 e. The van der Waals surface area contributed by atoms with Crippen molar-refractivity contribution in [2.45, 2.75) is 0 Å². The van der Waals surface area contributed by atoms with Gasteiger partial charge in [-0.1, -0.05) is 6.58 Å². The molecule has 9 heavy (non-hydrogen) atoms. The number of anilines is 2. The fourth-order valence-corrected chi connectivity index (χ4v) is 0.599. The molecule has 0 spiro atoms. The second-order valence-corrected chi connectivity index (χ2v) is 1.67. The fourth-order valence-electron chi connectivity index (χ4n) is 0.599. The van der Waals surface area contributed by atoms with Crippen molar-refractivity contribution in [3.8, 4) is 0 Å². The van der Waals surface area contributed by atoms with Crippen LogP contribution in [-0.4, -0.2) is 0 Å². The van der Waals surface area contributed by atoms with Crippen LogP contribution in [0.3, 0.4) is 0 Å². The van der Waals surface area contributed by atoms with E-state index in [-0.39, 0.29) is 0 Å². The van der Waals surface area contributed by atoms with Crippen LogP contribution in [0.5, 0.6) is 0 Å². The predicted molar refractivity (Wildman–Crippen MR) is 37.6 cm³/mol. The van der Waals surface area contributed by atoms with Crippen molar-refractivity contribution in [2.75, 3.05) is 11.5 Å². The average Bonchev–Trinajstić information content (AvgIpc) is 2.10. The number of hydrogen-bond donors (Lipinski definition) is 2. The van der Waals surface area contributed by atoms with E-state index in [1.807, 2.05) is 0 Å². The lowest BCUT2D eigenvalue weighted by Gasteiger charge is -1.83. The minimum atomic E-state index is 0.322. The third-order valence-corrected chi connectivity index (χ3v) is 0.995. The summed E-state index contributed by atoms with van der Waals surface area (Å²) in [6, 6.07) is 1.55. The molecule has 4 N–H and O–H groups in total. The van der Waals surface area contributed by atoms with Gasteiger partial charge in [0.1, 0.15) is 0 Å². The van der Waals surface area contributed by atoms with Gasteiger partial charge >= 0.3 is 0 Å². The van der Waals surface area contributed by atoms with Crippen LogP contribution in [0.2, 0.25) is 0 Å². The molecule has 1 heterocycles. The summed E-state index contributed by atoms with van der Waals surface area (Å²) in [7, 11) is 0. The van der Waals surface area contributed by atoms with Crippen LogP contribution in [0.15, 0.2) is 17.1 Å². The highest BCUT2D eigenvalue weighted by Crippen LogP contribution is 2.19. The predicted octanol–water partition coefficient (Wildman–Crippen LogP) is 1.09. The van der Waals surface area contributed by atoms with Crippen molar-refractivity contribution in [1.82, 2.24) is 0 Å². The number of hydrogen-bond acceptors (Lipinski definition) is 3. The summed E-state index contributed by atoms with van der Waals surface area (Å²) in [5, 5.41) is 0. The number of nitrogen functional groups attached to an aromatic ring is 2. The van der Waals surface area contributed by atoms with E-state index in [9.17, 15) is 0 Å². The molecular formula is C6H8N2O. The van der Waals surface area contributed by atoms with Gasteiger partial charge in [0.25, 0.3) is 0 Å². The van der Waals surface area contributed by atoms with E-state index < -0.39 is 0 Å². The van der Waals surface area contributed by atoms with Gasteiger partial charge in [-0.05, 0) is 6.08 Å². The van der Waals surface area contributed by atoms with Gasteiger partial charge < -0.3 is 15.9 Å². The van der Waals surface area contributed by atoms with E-state index in [1.165, 1.54) is 6.08 Å². The smallest absolute Gasteiger partial charge is 0.193 e. The number of furan rings is 1. The standard InChI is InChI=1S/C6H8N2O/c1-2-5-4(7)3-6(8)9-5/h2-3H,1,7-8H2. The topological polar surface area (TPSA) is 65.2 Å². The molecule has 0 aliphatic heterocycles. The highest BCUT2D eigenvalue weighted by molar-refractivity contribution is 5.62. The first-order valence-electron chi connectivity index (χ1n) is 2.51. The van der Waals surface area contributed by atoms with E-state index in [0.717, 1.165) is 0 Å². The van der Waals surface area contributed by atoms with Crippen LogP contribution >= 0.6 is 0 Å². The molecule has 0 saturated carbocycles. The molecule has 3 heteroatoms. The Kier molecular flexibility index (Phi) is 1.18. The Labute approximate surface area is 52.9 Å². The Hall–Kier alpha value is -1.38. The Morgan fingerprint density at radius 1 is 1.56 bits per heavy atom. The second-order valence-electron chi connectivity index (χ2n) is 1.67. The summed E-state index contributed by atoms with van der Waals surface area (Å²) < 4.78 is 4.90. The molecule has 0 aliphatic carbocycles. The van der Waals surface area contributed by atoms with Crippen molar-refractivity contribution in [3.05, 3.63) is 18.4 Å². The van der Waals surface area contributed by atoms with E-state index >= 15 is 0 Å². The molecule has 1 rings (SSSR count). The third-order valence-electron chi connectivity index (χ3n) is 0.995. The molecule has 1 aromatic heterocycles. The zero-order valence-corrected chi connectivity index (χ0v) is 4.92. The molecule has 3 nitrogen and oxygen atoms in total. The van der Waals surface area contributed by atoms with Crippen molar-refractivity contribution in [1.29, 1.82) is 0 Å². The van der Waals surface area contributed by atoms with Gasteiger partial charge in [-0.15, -0.1) is 0 Å². The lowest BCUT2D eigenvalue weighted by atomic mass is 10.4. The van der Waals surface area contributed by atoms with Crippen LogP contribution in [0.1, 0.15) is 5.76 Å². The highest BCUT2D eigenvalue weighted by atomic mass is 16.4. The number of nitrogens with two attached hydrogens (primary N) is 2. The minimum absolute atomic E-state index is 0.322. The molecule has 1 aromatic rings. The third kappa shape index (κ3) is 0.887. The second kappa shape index (κ2) is 1.85. The molecule has 0 fully saturated rings. The maximum atomic E-state index is 5.41. The van der Waals surface area contributed by atoms with Gasteiger partial charge in [-0.2, -0.15) is 0 Å². The fraction of sp³-hybridized carbons (Fsp3) is 0. The van der Waals surface area contributed by atoms with E-state index in [2.05, 4.69) is 6.58 Å². The molecule has 0 saturated heterocycles. The SMILES string of the molecule is C=Cc1oc(N)cc1N. The zero-order valence-electron chi connectivity index (χ0n) is 4.92.